The largest absolute Gasteiger partial charge is 0.481 e. The smallest absolute Gasteiger partial charge is 0.257 e. The van der Waals surface area contributed by atoms with Crippen LogP contribution in [0.15, 0.2) is 42.5 Å². The number of amides is 1. The van der Waals surface area contributed by atoms with Crippen LogP contribution in [-0.2, 0) is 10.5 Å². The van der Waals surface area contributed by atoms with Gasteiger partial charge in [0.05, 0.1) is 0 Å². The summed E-state index contributed by atoms with van der Waals surface area (Å²) in [5, 5.41) is 3.99. The van der Waals surface area contributed by atoms with Crippen LogP contribution in [0.1, 0.15) is 5.56 Å². The number of para-hydroxylation sites is 1. The lowest BCUT2D eigenvalue weighted by molar-refractivity contribution is -0.123. The summed E-state index contributed by atoms with van der Waals surface area (Å²) < 4.78 is 18.5. The molecule has 0 aliphatic rings. The van der Waals surface area contributed by atoms with Gasteiger partial charge in [-0.1, -0.05) is 41.4 Å². The first-order chi connectivity index (χ1) is 11.6. The molecule has 0 radical (unpaired) electrons. The summed E-state index contributed by atoms with van der Waals surface area (Å²) in [6.07, 6.45) is 0. The lowest BCUT2D eigenvalue weighted by atomic mass is 10.2. The third-order valence-corrected chi connectivity index (χ3v) is 4.77. The van der Waals surface area contributed by atoms with E-state index in [1.807, 2.05) is 0 Å². The number of carbonyl (C=O) groups excluding carboxylic acids is 1. The summed E-state index contributed by atoms with van der Waals surface area (Å²) in [6, 6.07) is 11.4. The zero-order chi connectivity index (χ0) is 17.4. The van der Waals surface area contributed by atoms with Crippen LogP contribution in [0.5, 0.6) is 5.75 Å². The molecule has 2 aromatic carbocycles. The minimum absolute atomic E-state index is 0.0652. The van der Waals surface area contributed by atoms with Crippen LogP contribution in [0, 0.1) is 5.82 Å². The number of halogens is 3. The van der Waals surface area contributed by atoms with Gasteiger partial charge in [-0.2, -0.15) is 11.8 Å². The van der Waals surface area contributed by atoms with Crippen LogP contribution in [-0.4, -0.2) is 24.8 Å². The molecular formula is C17H16Cl2FNO2S. The molecule has 0 aromatic heterocycles. The molecule has 1 N–H and O–H groups in total. The summed E-state index contributed by atoms with van der Waals surface area (Å²) in [5.74, 6) is 0.648. The maximum absolute atomic E-state index is 13.3. The van der Waals surface area contributed by atoms with E-state index in [2.05, 4.69) is 5.32 Å². The predicted octanol–water partition coefficient (Wildman–Crippen LogP) is 4.56. The quantitative estimate of drug-likeness (QED) is 0.674. The molecule has 1 amide bonds. The van der Waals surface area contributed by atoms with Gasteiger partial charge in [-0.05, 0) is 29.8 Å². The number of ether oxygens (including phenoxy) is 1. The first-order valence-corrected chi connectivity index (χ1v) is 9.13. The fraction of sp³-hybridized carbons (Fsp3) is 0.235. The number of benzene rings is 2. The van der Waals surface area contributed by atoms with Gasteiger partial charge in [-0.3, -0.25) is 4.79 Å². The second kappa shape index (κ2) is 9.77. The molecule has 2 rings (SSSR count). The second-order valence-electron chi connectivity index (χ2n) is 4.82. The van der Waals surface area contributed by atoms with Crippen molar-refractivity contribution >= 4 is 40.9 Å². The van der Waals surface area contributed by atoms with Crippen molar-refractivity contribution in [2.75, 3.05) is 18.9 Å². The van der Waals surface area contributed by atoms with Crippen molar-refractivity contribution in [2.24, 2.45) is 0 Å². The van der Waals surface area contributed by atoms with Gasteiger partial charge in [0.15, 0.2) is 18.2 Å². The molecule has 0 saturated carbocycles. The van der Waals surface area contributed by atoms with Crippen molar-refractivity contribution in [2.45, 2.75) is 5.75 Å². The Morgan fingerprint density at radius 2 is 1.83 bits per heavy atom. The van der Waals surface area contributed by atoms with E-state index in [4.69, 9.17) is 27.9 Å². The van der Waals surface area contributed by atoms with Gasteiger partial charge in [-0.15, -0.1) is 0 Å². The van der Waals surface area contributed by atoms with Crippen molar-refractivity contribution in [3.8, 4) is 5.75 Å². The predicted molar refractivity (Wildman–Crippen MR) is 97.5 cm³/mol. The molecular weight excluding hydrogens is 372 g/mol. The highest BCUT2D eigenvalue weighted by atomic mass is 35.5. The van der Waals surface area contributed by atoms with Crippen molar-refractivity contribution in [3.63, 3.8) is 0 Å². The van der Waals surface area contributed by atoms with Gasteiger partial charge in [0, 0.05) is 28.1 Å². The highest BCUT2D eigenvalue weighted by Gasteiger charge is 2.07. The average molecular weight is 388 g/mol. The molecule has 0 atom stereocenters. The van der Waals surface area contributed by atoms with E-state index in [0.29, 0.717) is 28.1 Å². The Bertz CT molecular complexity index is 680. The first kappa shape index (κ1) is 18.9. The first-order valence-electron chi connectivity index (χ1n) is 7.22. The Labute approximate surface area is 154 Å². The number of hydrogen-bond acceptors (Lipinski definition) is 3. The normalized spacial score (nSPS) is 10.5. The molecule has 0 aliphatic heterocycles. The third kappa shape index (κ3) is 5.89. The average Bonchev–Trinajstić information content (AvgIpc) is 2.56. The summed E-state index contributed by atoms with van der Waals surface area (Å²) in [7, 11) is 0. The number of rotatable bonds is 8. The molecule has 3 nitrogen and oxygen atoms in total. The van der Waals surface area contributed by atoms with E-state index in [9.17, 15) is 9.18 Å². The number of carbonyl (C=O) groups is 1. The van der Waals surface area contributed by atoms with Crippen molar-refractivity contribution in [1.29, 1.82) is 0 Å². The fourth-order valence-electron chi connectivity index (χ4n) is 1.86. The SMILES string of the molecule is O=C(COc1ccccc1F)NCCSCc1c(Cl)cccc1Cl. The Balaban J connectivity index is 1.64. The van der Waals surface area contributed by atoms with Crippen molar-refractivity contribution < 1.29 is 13.9 Å². The Kier molecular flexibility index (Phi) is 7.69. The van der Waals surface area contributed by atoms with Crippen molar-refractivity contribution in [1.82, 2.24) is 5.32 Å². The van der Waals surface area contributed by atoms with Gasteiger partial charge >= 0.3 is 0 Å². The van der Waals surface area contributed by atoms with Gasteiger partial charge in [-0.25, -0.2) is 4.39 Å². The van der Waals surface area contributed by atoms with E-state index >= 15 is 0 Å². The Hall–Kier alpha value is -1.43. The zero-order valence-electron chi connectivity index (χ0n) is 12.7. The molecule has 0 spiro atoms. The van der Waals surface area contributed by atoms with Crippen LogP contribution in [0.4, 0.5) is 4.39 Å². The second-order valence-corrected chi connectivity index (χ2v) is 6.74. The topological polar surface area (TPSA) is 38.3 Å². The fourth-order valence-corrected chi connectivity index (χ4v) is 3.46. The van der Waals surface area contributed by atoms with Crippen LogP contribution in [0.2, 0.25) is 10.0 Å². The zero-order valence-corrected chi connectivity index (χ0v) is 15.1. The minimum Gasteiger partial charge on any atom is -0.481 e. The summed E-state index contributed by atoms with van der Waals surface area (Å²) in [6.45, 7) is 0.258. The molecule has 0 aliphatic carbocycles. The van der Waals surface area contributed by atoms with Crippen LogP contribution >= 0.6 is 35.0 Å². The van der Waals surface area contributed by atoms with Crippen molar-refractivity contribution in [3.05, 3.63) is 63.9 Å². The number of thioether (sulfide) groups is 1. The Morgan fingerprint density at radius 1 is 1.12 bits per heavy atom. The summed E-state index contributed by atoms with van der Waals surface area (Å²) in [4.78, 5) is 11.7. The van der Waals surface area contributed by atoms with Crippen LogP contribution in [0.3, 0.4) is 0 Å². The highest BCUT2D eigenvalue weighted by Crippen LogP contribution is 2.27. The van der Waals surface area contributed by atoms with Gasteiger partial charge in [0.1, 0.15) is 0 Å². The summed E-state index contributed by atoms with van der Waals surface area (Å²) in [5.41, 5.74) is 0.889. The van der Waals surface area contributed by atoms with E-state index in [1.165, 1.54) is 12.1 Å². The van der Waals surface area contributed by atoms with Gasteiger partial charge < -0.3 is 10.1 Å². The molecule has 0 unspecified atom stereocenters. The molecule has 7 heteroatoms. The van der Waals surface area contributed by atoms with Gasteiger partial charge in [0.25, 0.3) is 5.91 Å². The van der Waals surface area contributed by atoms with E-state index < -0.39 is 5.82 Å². The number of nitrogens with one attached hydrogen (secondary N) is 1. The standard InChI is InChI=1S/C17H16Cl2FNO2S/c18-13-4-3-5-14(19)12(13)11-24-9-8-21-17(22)10-23-16-7-2-1-6-15(16)20/h1-7H,8-11H2,(H,21,22). The minimum atomic E-state index is -0.488. The maximum Gasteiger partial charge on any atom is 0.257 e. The van der Waals surface area contributed by atoms with E-state index in [1.54, 1.807) is 42.1 Å². The summed E-state index contributed by atoms with van der Waals surface area (Å²) >= 11 is 13.8. The lowest BCUT2D eigenvalue weighted by Crippen LogP contribution is -2.30. The van der Waals surface area contributed by atoms with E-state index in [0.717, 1.165) is 5.56 Å². The highest BCUT2D eigenvalue weighted by molar-refractivity contribution is 7.98. The lowest BCUT2D eigenvalue weighted by Gasteiger charge is -2.09. The third-order valence-electron chi connectivity index (χ3n) is 3.07. The monoisotopic (exact) mass is 387 g/mol. The molecule has 128 valence electrons. The van der Waals surface area contributed by atoms with Gasteiger partial charge in [0.2, 0.25) is 0 Å². The molecule has 0 bridgehead atoms. The number of hydrogen-bond donors (Lipinski definition) is 1. The maximum atomic E-state index is 13.3. The molecule has 2 aromatic rings. The van der Waals surface area contributed by atoms with Crippen LogP contribution in [0.25, 0.3) is 0 Å². The Morgan fingerprint density at radius 3 is 2.54 bits per heavy atom. The molecule has 0 saturated heterocycles. The molecule has 24 heavy (non-hydrogen) atoms. The van der Waals surface area contributed by atoms with Crippen LogP contribution < -0.4 is 10.1 Å². The van der Waals surface area contributed by atoms with E-state index in [-0.39, 0.29) is 18.3 Å². The molecule has 0 fully saturated rings. The molecule has 0 heterocycles.